The fraction of sp³-hybridized carbons (Fsp3) is 0.111. The maximum Gasteiger partial charge on any atom is 0.271 e. The molecule has 0 radical (unpaired) electrons. The molecule has 0 amide bonds. The molecule has 7 heteroatoms. The van der Waals surface area contributed by atoms with Gasteiger partial charge in [-0.25, -0.2) is 9.38 Å². The highest BCUT2D eigenvalue weighted by Crippen LogP contribution is 2.43. The zero-order chi connectivity index (χ0) is 23.4. The van der Waals surface area contributed by atoms with Crippen LogP contribution in [-0.2, 0) is 6.42 Å². The van der Waals surface area contributed by atoms with Crippen LogP contribution in [0.15, 0.2) is 82.1 Å². The monoisotopic (exact) mass is 506 g/mol. The van der Waals surface area contributed by atoms with Crippen LogP contribution in [-0.4, -0.2) is 4.57 Å². The Morgan fingerprint density at radius 3 is 2.62 bits per heavy atom. The van der Waals surface area contributed by atoms with Crippen LogP contribution in [0, 0.1) is 5.82 Å². The third-order valence-corrected chi connectivity index (χ3v) is 7.84. The van der Waals surface area contributed by atoms with Crippen LogP contribution in [0.3, 0.4) is 0 Å². The minimum Gasteiger partial charge on any atom is -0.272 e. The van der Waals surface area contributed by atoms with Gasteiger partial charge in [0.2, 0.25) is 0 Å². The van der Waals surface area contributed by atoms with Gasteiger partial charge in [-0.2, -0.15) is 0 Å². The Labute approximate surface area is 208 Å². The first-order chi connectivity index (χ1) is 16.5. The summed E-state index contributed by atoms with van der Waals surface area (Å²) in [5.74, 6) is -0.317. The maximum absolute atomic E-state index is 13.7. The van der Waals surface area contributed by atoms with Crippen molar-refractivity contribution in [2.24, 2.45) is 4.99 Å². The van der Waals surface area contributed by atoms with E-state index in [1.54, 1.807) is 34.9 Å². The Morgan fingerprint density at radius 1 is 1.03 bits per heavy atom. The molecule has 0 saturated carbocycles. The molecular formula is C27H17Cl2FN2OS. The zero-order valence-corrected chi connectivity index (χ0v) is 20.1. The van der Waals surface area contributed by atoms with Crippen molar-refractivity contribution in [1.29, 1.82) is 0 Å². The number of aromatic nitrogens is 1. The lowest BCUT2D eigenvalue weighted by Crippen LogP contribution is -2.38. The number of aryl methyl sites for hydroxylation is 1. The van der Waals surface area contributed by atoms with E-state index >= 15 is 0 Å². The summed E-state index contributed by atoms with van der Waals surface area (Å²) in [7, 11) is 0. The predicted octanol–water partition coefficient (Wildman–Crippen LogP) is 5.76. The maximum atomic E-state index is 13.7. The van der Waals surface area contributed by atoms with Crippen LogP contribution in [0.5, 0.6) is 0 Å². The van der Waals surface area contributed by atoms with Crippen LogP contribution in [0.1, 0.15) is 34.7 Å². The molecule has 0 saturated heterocycles. The van der Waals surface area contributed by atoms with Crippen LogP contribution in [0.25, 0.3) is 11.8 Å². The van der Waals surface area contributed by atoms with Gasteiger partial charge in [0.25, 0.3) is 5.56 Å². The molecule has 0 spiro atoms. The van der Waals surface area contributed by atoms with E-state index in [-0.39, 0.29) is 17.4 Å². The quantitative estimate of drug-likeness (QED) is 0.340. The van der Waals surface area contributed by atoms with E-state index in [1.165, 1.54) is 29.0 Å². The summed E-state index contributed by atoms with van der Waals surface area (Å²) in [5.41, 5.74) is 5.75. The average molecular weight is 507 g/mol. The molecule has 34 heavy (non-hydrogen) atoms. The van der Waals surface area contributed by atoms with Gasteiger partial charge < -0.3 is 0 Å². The van der Waals surface area contributed by atoms with E-state index < -0.39 is 0 Å². The minimum absolute atomic E-state index is 0.144. The topological polar surface area (TPSA) is 34.4 Å². The second-order valence-corrected chi connectivity index (χ2v) is 10.2. The number of allylic oxidation sites excluding steroid dienone is 1. The molecule has 1 aliphatic heterocycles. The van der Waals surface area contributed by atoms with Gasteiger partial charge in [-0.05, 0) is 65.4 Å². The first kappa shape index (κ1) is 21.5. The highest BCUT2D eigenvalue weighted by molar-refractivity contribution is 7.07. The van der Waals surface area contributed by atoms with Crippen molar-refractivity contribution in [3.63, 3.8) is 0 Å². The van der Waals surface area contributed by atoms with Crippen molar-refractivity contribution in [3.05, 3.63) is 130 Å². The fourth-order valence-electron chi connectivity index (χ4n) is 4.73. The number of thiazole rings is 1. The van der Waals surface area contributed by atoms with E-state index in [4.69, 9.17) is 28.2 Å². The number of hydrogen-bond donors (Lipinski definition) is 0. The van der Waals surface area contributed by atoms with Gasteiger partial charge in [-0.1, -0.05) is 77.0 Å². The molecule has 1 aliphatic carbocycles. The molecule has 0 bridgehead atoms. The molecule has 1 unspecified atom stereocenters. The number of benzene rings is 3. The van der Waals surface area contributed by atoms with Crippen LogP contribution in [0.2, 0.25) is 10.0 Å². The summed E-state index contributed by atoms with van der Waals surface area (Å²) in [5, 5.41) is 1.05. The molecule has 0 fully saturated rings. The first-order valence-electron chi connectivity index (χ1n) is 10.8. The largest absolute Gasteiger partial charge is 0.272 e. The van der Waals surface area contributed by atoms with Crippen molar-refractivity contribution in [3.8, 4) is 0 Å². The summed E-state index contributed by atoms with van der Waals surface area (Å²) in [4.78, 5) is 19.3. The van der Waals surface area contributed by atoms with E-state index in [2.05, 4.69) is 12.1 Å². The molecule has 2 aliphatic rings. The average Bonchev–Trinajstić information content (AvgIpc) is 3.14. The fourth-order valence-corrected chi connectivity index (χ4v) is 6.25. The van der Waals surface area contributed by atoms with E-state index in [1.807, 2.05) is 18.2 Å². The summed E-state index contributed by atoms with van der Waals surface area (Å²) in [6.45, 7) is 0. The Bertz CT molecular complexity index is 1670. The first-order valence-corrected chi connectivity index (χ1v) is 12.4. The van der Waals surface area contributed by atoms with Gasteiger partial charge in [-0.15, -0.1) is 0 Å². The van der Waals surface area contributed by atoms with Crippen molar-refractivity contribution >= 4 is 46.3 Å². The Hall–Kier alpha value is -2.99. The predicted molar refractivity (Wildman–Crippen MR) is 136 cm³/mol. The minimum atomic E-state index is -0.375. The molecular weight excluding hydrogens is 490 g/mol. The van der Waals surface area contributed by atoms with E-state index in [0.29, 0.717) is 19.4 Å². The molecule has 3 aromatic carbocycles. The van der Waals surface area contributed by atoms with Crippen molar-refractivity contribution in [1.82, 2.24) is 4.57 Å². The summed E-state index contributed by atoms with van der Waals surface area (Å²) in [6.07, 6.45) is 3.42. The summed E-state index contributed by atoms with van der Waals surface area (Å²) in [6, 6.07) is 19.4. The third kappa shape index (κ3) is 3.56. The molecule has 6 rings (SSSR count). The highest BCUT2D eigenvalue weighted by Gasteiger charge is 2.33. The van der Waals surface area contributed by atoms with E-state index in [0.717, 1.165) is 40.8 Å². The summed E-state index contributed by atoms with van der Waals surface area (Å²) < 4.78 is 15.6. The molecule has 168 valence electrons. The Balaban J connectivity index is 1.64. The Morgan fingerprint density at radius 2 is 1.82 bits per heavy atom. The van der Waals surface area contributed by atoms with Crippen molar-refractivity contribution in [2.45, 2.75) is 18.9 Å². The lowest BCUT2D eigenvalue weighted by molar-refractivity contribution is 0.585. The number of halogens is 3. The molecule has 1 aromatic heterocycles. The van der Waals surface area contributed by atoms with Gasteiger partial charge >= 0.3 is 0 Å². The van der Waals surface area contributed by atoms with Crippen LogP contribution < -0.4 is 14.9 Å². The van der Waals surface area contributed by atoms with E-state index in [9.17, 15) is 9.18 Å². The van der Waals surface area contributed by atoms with Crippen molar-refractivity contribution < 1.29 is 4.39 Å². The van der Waals surface area contributed by atoms with Crippen LogP contribution in [0.4, 0.5) is 4.39 Å². The van der Waals surface area contributed by atoms with Gasteiger partial charge in [-0.3, -0.25) is 9.36 Å². The second kappa shape index (κ2) is 8.35. The van der Waals surface area contributed by atoms with Gasteiger partial charge in [0.05, 0.1) is 16.3 Å². The molecule has 0 N–H and O–H groups in total. The number of rotatable bonds is 2. The van der Waals surface area contributed by atoms with Gasteiger partial charge in [0.15, 0.2) is 4.80 Å². The molecule has 1 atom stereocenters. The smallest absolute Gasteiger partial charge is 0.271 e. The lowest BCUT2D eigenvalue weighted by Gasteiger charge is -2.31. The SMILES string of the molecule is O=c1c(=Cc2ccc(F)cc2)sc2n1C(c1ccc(Cl)cc1Cl)C1=C(N=2)c2ccccc2CC1. The van der Waals surface area contributed by atoms with Crippen LogP contribution >= 0.6 is 34.5 Å². The molecule has 4 aromatic rings. The number of nitrogens with zero attached hydrogens (tertiary/aromatic N) is 2. The summed E-state index contributed by atoms with van der Waals surface area (Å²) >= 11 is 14.2. The number of fused-ring (bicyclic) bond motifs is 3. The standard InChI is InChI=1S/C27H17Cl2FN2OS/c28-17-8-12-20(22(29)14-17)25-21-11-7-16-3-1-2-4-19(16)24(21)31-27-32(25)26(33)23(34-27)13-15-5-9-18(30)10-6-15/h1-6,8-10,12-14,25H,7,11H2. The Kier molecular flexibility index (Phi) is 5.29. The third-order valence-electron chi connectivity index (χ3n) is 6.30. The molecule has 3 nitrogen and oxygen atoms in total. The van der Waals surface area contributed by atoms with Gasteiger partial charge in [0.1, 0.15) is 5.82 Å². The molecule has 2 heterocycles. The van der Waals surface area contributed by atoms with Crippen molar-refractivity contribution in [2.75, 3.05) is 0 Å². The van der Waals surface area contributed by atoms with Gasteiger partial charge in [0, 0.05) is 15.6 Å². The normalized spacial score (nSPS) is 17.1. The second-order valence-electron chi connectivity index (χ2n) is 8.33. The highest BCUT2D eigenvalue weighted by atomic mass is 35.5. The lowest BCUT2D eigenvalue weighted by atomic mass is 9.83. The number of hydrogen-bond acceptors (Lipinski definition) is 3. The zero-order valence-electron chi connectivity index (χ0n) is 17.8.